The molecular formula is C15H20BrNO. The number of hydrogen-bond acceptors (Lipinski definition) is 1. The average molecular weight is 310 g/mol. The molecule has 2 unspecified atom stereocenters. The quantitative estimate of drug-likeness (QED) is 0.727. The van der Waals surface area contributed by atoms with Crippen LogP contribution in [0.25, 0.3) is 0 Å². The van der Waals surface area contributed by atoms with Crippen molar-refractivity contribution in [1.82, 2.24) is 4.90 Å². The van der Waals surface area contributed by atoms with Crippen molar-refractivity contribution in [2.75, 3.05) is 13.1 Å². The van der Waals surface area contributed by atoms with Gasteiger partial charge >= 0.3 is 0 Å². The van der Waals surface area contributed by atoms with E-state index in [9.17, 15) is 4.79 Å². The maximum absolute atomic E-state index is 12.5. The predicted octanol–water partition coefficient (Wildman–Crippen LogP) is 3.55. The minimum Gasteiger partial charge on any atom is -0.337 e. The second-order valence-electron chi connectivity index (χ2n) is 5.35. The fourth-order valence-corrected chi connectivity index (χ4v) is 2.96. The zero-order valence-electron chi connectivity index (χ0n) is 11.2. The highest BCUT2D eigenvalue weighted by atomic mass is 79.9. The maximum atomic E-state index is 12.5. The van der Waals surface area contributed by atoms with Crippen molar-refractivity contribution >= 4 is 21.8 Å². The Balaban J connectivity index is 2.19. The number of nitrogens with zero attached hydrogens (tertiary/aromatic N) is 1. The van der Waals surface area contributed by atoms with Crippen LogP contribution in [-0.4, -0.2) is 28.7 Å². The zero-order chi connectivity index (χ0) is 13.3. The molecule has 0 N–H and O–H groups in total. The van der Waals surface area contributed by atoms with Crippen LogP contribution in [0.4, 0.5) is 0 Å². The monoisotopic (exact) mass is 309 g/mol. The number of amides is 1. The van der Waals surface area contributed by atoms with Crippen LogP contribution in [0, 0.1) is 19.8 Å². The first-order valence-electron chi connectivity index (χ1n) is 6.49. The fraction of sp³-hybridized carbons (Fsp3) is 0.533. The SMILES string of the molecule is Cc1ccc(C)c(C(=O)N2CCC(C)C(Br)C2)c1. The van der Waals surface area contributed by atoms with E-state index in [1.165, 1.54) is 0 Å². The molecule has 1 saturated heterocycles. The van der Waals surface area contributed by atoms with E-state index in [-0.39, 0.29) is 5.91 Å². The number of piperidine rings is 1. The van der Waals surface area contributed by atoms with Gasteiger partial charge in [0, 0.05) is 23.5 Å². The third-order valence-electron chi connectivity index (χ3n) is 3.78. The topological polar surface area (TPSA) is 20.3 Å². The minimum absolute atomic E-state index is 0.174. The van der Waals surface area contributed by atoms with Crippen LogP contribution in [0.15, 0.2) is 18.2 Å². The van der Waals surface area contributed by atoms with Gasteiger partial charge in [-0.3, -0.25) is 4.79 Å². The molecule has 2 atom stereocenters. The molecule has 0 aromatic heterocycles. The third-order valence-corrected chi connectivity index (χ3v) is 4.97. The van der Waals surface area contributed by atoms with Gasteiger partial charge in [-0.15, -0.1) is 0 Å². The normalized spacial score (nSPS) is 24.1. The first-order chi connectivity index (χ1) is 8.49. The lowest BCUT2D eigenvalue weighted by Gasteiger charge is -2.34. The van der Waals surface area contributed by atoms with Gasteiger partial charge in [0.1, 0.15) is 0 Å². The van der Waals surface area contributed by atoms with Crippen molar-refractivity contribution in [3.8, 4) is 0 Å². The highest BCUT2D eigenvalue weighted by Crippen LogP contribution is 2.25. The summed E-state index contributed by atoms with van der Waals surface area (Å²) in [7, 11) is 0. The molecule has 1 amide bonds. The Kier molecular flexibility index (Phi) is 4.10. The van der Waals surface area contributed by atoms with Gasteiger partial charge in [-0.25, -0.2) is 0 Å². The first-order valence-corrected chi connectivity index (χ1v) is 7.41. The summed E-state index contributed by atoms with van der Waals surface area (Å²) in [4.78, 5) is 14.9. The van der Waals surface area contributed by atoms with Gasteiger partial charge in [-0.05, 0) is 37.8 Å². The number of likely N-dealkylation sites (tertiary alicyclic amines) is 1. The van der Waals surface area contributed by atoms with Crippen LogP contribution >= 0.6 is 15.9 Å². The van der Waals surface area contributed by atoms with E-state index in [4.69, 9.17) is 0 Å². The van der Waals surface area contributed by atoms with Crippen LogP contribution < -0.4 is 0 Å². The summed E-state index contributed by atoms with van der Waals surface area (Å²) >= 11 is 3.67. The van der Waals surface area contributed by atoms with Crippen molar-refractivity contribution < 1.29 is 4.79 Å². The molecule has 1 fully saturated rings. The summed E-state index contributed by atoms with van der Waals surface area (Å²) in [6.45, 7) is 7.95. The van der Waals surface area contributed by atoms with Gasteiger partial charge in [0.2, 0.25) is 0 Å². The maximum Gasteiger partial charge on any atom is 0.254 e. The zero-order valence-corrected chi connectivity index (χ0v) is 12.8. The summed E-state index contributed by atoms with van der Waals surface area (Å²) in [6, 6.07) is 6.08. The summed E-state index contributed by atoms with van der Waals surface area (Å²) in [6.07, 6.45) is 1.08. The van der Waals surface area contributed by atoms with Gasteiger partial charge in [0.25, 0.3) is 5.91 Å². The number of halogens is 1. The molecule has 0 saturated carbocycles. The number of carbonyl (C=O) groups excluding carboxylic acids is 1. The Morgan fingerprint density at radius 2 is 2.11 bits per heavy atom. The predicted molar refractivity (Wildman–Crippen MR) is 78.3 cm³/mol. The van der Waals surface area contributed by atoms with Crippen molar-refractivity contribution in [3.05, 3.63) is 34.9 Å². The molecule has 98 valence electrons. The summed E-state index contributed by atoms with van der Waals surface area (Å²) < 4.78 is 0. The number of hydrogen-bond donors (Lipinski definition) is 0. The van der Waals surface area contributed by atoms with E-state index in [1.54, 1.807) is 0 Å². The molecule has 18 heavy (non-hydrogen) atoms. The molecular weight excluding hydrogens is 290 g/mol. The average Bonchev–Trinajstić information content (AvgIpc) is 2.35. The van der Waals surface area contributed by atoms with E-state index in [1.807, 2.05) is 30.9 Å². The number of alkyl halides is 1. The molecule has 2 rings (SSSR count). The van der Waals surface area contributed by atoms with Gasteiger partial charge in [0.05, 0.1) is 0 Å². The van der Waals surface area contributed by atoms with Crippen LogP contribution in [0.1, 0.15) is 34.8 Å². The van der Waals surface area contributed by atoms with Crippen molar-refractivity contribution in [1.29, 1.82) is 0 Å². The summed E-state index contributed by atoms with van der Waals surface area (Å²) in [5.41, 5.74) is 3.06. The van der Waals surface area contributed by atoms with Crippen molar-refractivity contribution in [3.63, 3.8) is 0 Å². The number of rotatable bonds is 1. The molecule has 1 aliphatic heterocycles. The minimum atomic E-state index is 0.174. The number of carbonyl (C=O) groups is 1. The Bertz CT molecular complexity index is 458. The highest BCUT2D eigenvalue weighted by Gasteiger charge is 2.28. The van der Waals surface area contributed by atoms with Gasteiger partial charge in [-0.1, -0.05) is 40.5 Å². The number of benzene rings is 1. The molecule has 0 radical (unpaired) electrons. The second kappa shape index (κ2) is 5.43. The third kappa shape index (κ3) is 2.77. The van der Waals surface area contributed by atoms with Crippen molar-refractivity contribution in [2.24, 2.45) is 5.92 Å². The van der Waals surface area contributed by atoms with Crippen LogP contribution in [-0.2, 0) is 0 Å². The number of aryl methyl sites for hydroxylation is 2. The highest BCUT2D eigenvalue weighted by molar-refractivity contribution is 9.09. The molecule has 1 aromatic carbocycles. The molecule has 1 aliphatic rings. The lowest BCUT2D eigenvalue weighted by atomic mass is 9.97. The molecule has 0 bridgehead atoms. The smallest absolute Gasteiger partial charge is 0.254 e. The Hall–Kier alpha value is -0.830. The molecule has 2 nitrogen and oxygen atoms in total. The lowest BCUT2D eigenvalue weighted by molar-refractivity contribution is 0.0705. The van der Waals surface area contributed by atoms with Gasteiger partial charge in [-0.2, -0.15) is 0 Å². The summed E-state index contributed by atoms with van der Waals surface area (Å²) in [5, 5.41) is 0. The largest absolute Gasteiger partial charge is 0.337 e. The van der Waals surface area contributed by atoms with Crippen LogP contribution in [0.2, 0.25) is 0 Å². The van der Waals surface area contributed by atoms with Crippen LogP contribution in [0.5, 0.6) is 0 Å². The lowest BCUT2D eigenvalue weighted by Crippen LogP contribution is -2.43. The summed E-state index contributed by atoms with van der Waals surface area (Å²) in [5.74, 6) is 0.820. The van der Waals surface area contributed by atoms with E-state index in [0.29, 0.717) is 10.7 Å². The van der Waals surface area contributed by atoms with E-state index >= 15 is 0 Å². The van der Waals surface area contributed by atoms with Crippen molar-refractivity contribution in [2.45, 2.75) is 32.0 Å². The standard InChI is InChI=1S/C15H20BrNO/c1-10-4-5-11(2)13(8-10)15(18)17-7-6-12(3)14(16)9-17/h4-5,8,12,14H,6-7,9H2,1-3H3. The molecule has 3 heteroatoms. The fourth-order valence-electron chi connectivity index (χ4n) is 2.34. The van der Waals surface area contributed by atoms with E-state index in [2.05, 4.69) is 28.9 Å². The Morgan fingerprint density at radius 1 is 1.39 bits per heavy atom. The Morgan fingerprint density at radius 3 is 2.78 bits per heavy atom. The second-order valence-corrected chi connectivity index (χ2v) is 6.53. The molecule has 1 aromatic rings. The first kappa shape index (κ1) is 13.6. The Labute approximate surface area is 117 Å². The van der Waals surface area contributed by atoms with Gasteiger partial charge < -0.3 is 4.90 Å². The van der Waals surface area contributed by atoms with Gasteiger partial charge in [0.15, 0.2) is 0 Å². The van der Waals surface area contributed by atoms with E-state index in [0.717, 1.165) is 36.2 Å². The molecule has 1 heterocycles. The van der Waals surface area contributed by atoms with E-state index < -0.39 is 0 Å². The molecule has 0 spiro atoms. The van der Waals surface area contributed by atoms with Crippen LogP contribution in [0.3, 0.4) is 0 Å². The molecule has 0 aliphatic carbocycles.